The second-order valence-corrected chi connectivity index (χ2v) is 8.70. The molecular weight excluding hydrogens is 304 g/mol. The molecule has 21 heavy (non-hydrogen) atoms. The van der Waals surface area contributed by atoms with Crippen LogP contribution in [-0.4, -0.2) is 50.7 Å². The summed E-state index contributed by atoms with van der Waals surface area (Å²) in [5.41, 5.74) is 6.60. The van der Waals surface area contributed by atoms with Crippen LogP contribution in [0.25, 0.3) is 0 Å². The zero-order chi connectivity index (χ0) is 15.7. The van der Waals surface area contributed by atoms with Crippen molar-refractivity contribution in [1.29, 1.82) is 0 Å². The van der Waals surface area contributed by atoms with Crippen molar-refractivity contribution in [3.63, 3.8) is 0 Å². The number of nitrogens with two attached hydrogens (primary N) is 1. The van der Waals surface area contributed by atoms with Gasteiger partial charge in [-0.3, -0.25) is 4.90 Å². The SMILES string of the molecule is CSCC(C)N(C)C1(CN)CCS(=O)(=O)c2ccccc21. The molecule has 4 nitrogen and oxygen atoms in total. The zero-order valence-electron chi connectivity index (χ0n) is 12.9. The number of nitrogens with zero attached hydrogens (tertiary/aromatic N) is 1. The van der Waals surface area contributed by atoms with E-state index in [0.717, 1.165) is 11.3 Å². The predicted octanol–water partition coefficient (Wildman–Crippen LogP) is 1.70. The third-order valence-corrected chi connectivity index (χ3v) is 7.17. The number of sulfone groups is 1. The summed E-state index contributed by atoms with van der Waals surface area (Å²) in [5, 5.41) is 0. The number of likely N-dealkylation sites (N-methyl/N-ethyl adjacent to an activating group) is 1. The Bertz CT molecular complexity index is 603. The molecule has 0 aliphatic carbocycles. The summed E-state index contributed by atoms with van der Waals surface area (Å²) in [6.07, 6.45) is 2.64. The molecule has 0 fully saturated rings. The number of hydrogen-bond acceptors (Lipinski definition) is 5. The normalized spacial score (nSPS) is 25.6. The van der Waals surface area contributed by atoms with E-state index in [1.54, 1.807) is 23.9 Å². The first-order valence-electron chi connectivity index (χ1n) is 7.13. The predicted molar refractivity (Wildman–Crippen MR) is 89.5 cm³/mol. The quantitative estimate of drug-likeness (QED) is 0.891. The van der Waals surface area contributed by atoms with Gasteiger partial charge in [0.1, 0.15) is 0 Å². The van der Waals surface area contributed by atoms with E-state index in [1.807, 2.05) is 12.1 Å². The van der Waals surface area contributed by atoms with Crippen LogP contribution in [0.4, 0.5) is 0 Å². The molecule has 2 rings (SSSR count). The minimum Gasteiger partial charge on any atom is -0.328 e. The molecule has 1 aliphatic heterocycles. The molecule has 0 radical (unpaired) electrons. The van der Waals surface area contributed by atoms with Gasteiger partial charge < -0.3 is 5.73 Å². The van der Waals surface area contributed by atoms with Gasteiger partial charge >= 0.3 is 0 Å². The average molecular weight is 329 g/mol. The summed E-state index contributed by atoms with van der Waals surface area (Å²) >= 11 is 1.79. The van der Waals surface area contributed by atoms with Crippen LogP contribution >= 0.6 is 11.8 Å². The monoisotopic (exact) mass is 328 g/mol. The van der Waals surface area contributed by atoms with Gasteiger partial charge in [0.25, 0.3) is 0 Å². The van der Waals surface area contributed by atoms with E-state index in [4.69, 9.17) is 5.73 Å². The lowest BCUT2D eigenvalue weighted by Crippen LogP contribution is -2.56. The number of hydrogen-bond donors (Lipinski definition) is 1. The van der Waals surface area contributed by atoms with E-state index in [1.165, 1.54) is 0 Å². The number of thioether (sulfide) groups is 1. The molecule has 0 aromatic heterocycles. The van der Waals surface area contributed by atoms with Crippen molar-refractivity contribution in [2.24, 2.45) is 5.73 Å². The minimum absolute atomic E-state index is 0.164. The van der Waals surface area contributed by atoms with Crippen molar-refractivity contribution in [2.75, 3.05) is 31.4 Å². The largest absolute Gasteiger partial charge is 0.328 e. The molecule has 0 amide bonds. The Hall–Kier alpha value is -0.560. The maximum atomic E-state index is 12.3. The summed E-state index contributed by atoms with van der Waals surface area (Å²) in [6, 6.07) is 7.64. The first-order valence-corrected chi connectivity index (χ1v) is 10.2. The molecule has 6 heteroatoms. The lowest BCUT2D eigenvalue weighted by molar-refractivity contribution is 0.0838. The van der Waals surface area contributed by atoms with Gasteiger partial charge in [-0.25, -0.2) is 8.42 Å². The topological polar surface area (TPSA) is 63.4 Å². The molecule has 0 saturated heterocycles. The molecule has 2 N–H and O–H groups in total. The fraction of sp³-hybridized carbons (Fsp3) is 0.600. The highest BCUT2D eigenvalue weighted by atomic mass is 32.2. The summed E-state index contributed by atoms with van der Waals surface area (Å²) < 4.78 is 24.7. The lowest BCUT2D eigenvalue weighted by atomic mass is 9.84. The third kappa shape index (κ3) is 2.86. The van der Waals surface area contributed by atoms with Gasteiger partial charge in [0.15, 0.2) is 9.84 Å². The fourth-order valence-corrected chi connectivity index (χ4v) is 5.58. The van der Waals surface area contributed by atoms with Gasteiger partial charge in [0.05, 0.1) is 16.2 Å². The first-order chi connectivity index (χ1) is 9.89. The zero-order valence-corrected chi connectivity index (χ0v) is 14.5. The van der Waals surface area contributed by atoms with E-state index in [9.17, 15) is 8.42 Å². The van der Waals surface area contributed by atoms with E-state index in [0.29, 0.717) is 23.9 Å². The molecule has 2 unspecified atom stereocenters. The van der Waals surface area contributed by atoms with Crippen molar-refractivity contribution in [1.82, 2.24) is 4.90 Å². The Balaban J connectivity index is 2.55. The fourth-order valence-electron chi connectivity index (χ4n) is 3.17. The van der Waals surface area contributed by atoms with Crippen LogP contribution in [0.2, 0.25) is 0 Å². The van der Waals surface area contributed by atoms with Gasteiger partial charge in [-0.1, -0.05) is 18.2 Å². The molecule has 1 aromatic carbocycles. The van der Waals surface area contributed by atoms with Gasteiger partial charge in [0.2, 0.25) is 0 Å². The van der Waals surface area contributed by atoms with Gasteiger partial charge in [-0.2, -0.15) is 11.8 Å². The second-order valence-electron chi connectivity index (χ2n) is 5.72. The number of fused-ring (bicyclic) bond motifs is 1. The molecule has 1 aliphatic rings. The summed E-state index contributed by atoms with van der Waals surface area (Å²) in [4.78, 5) is 2.71. The molecule has 118 valence electrons. The van der Waals surface area contributed by atoms with Crippen molar-refractivity contribution < 1.29 is 8.42 Å². The standard InChI is InChI=1S/C15H24N2O2S2/c1-12(10-20-3)17(2)15(11-16)8-9-21(18,19)14-7-5-4-6-13(14)15/h4-7,12H,8-11,16H2,1-3H3. The maximum absolute atomic E-state index is 12.3. The maximum Gasteiger partial charge on any atom is 0.178 e. The van der Waals surface area contributed by atoms with Crippen LogP contribution in [0.3, 0.4) is 0 Å². The Morgan fingerprint density at radius 2 is 2.10 bits per heavy atom. The van der Waals surface area contributed by atoms with Crippen molar-refractivity contribution >= 4 is 21.6 Å². The molecule has 2 atom stereocenters. The number of benzene rings is 1. The molecule has 0 saturated carbocycles. The highest BCUT2D eigenvalue weighted by Gasteiger charge is 2.44. The summed E-state index contributed by atoms with van der Waals surface area (Å²) in [5.74, 6) is 1.16. The third-order valence-electron chi connectivity index (χ3n) is 4.59. The highest BCUT2D eigenvalue weighted by Crippen LogP contribution is 2.41. The average Bonchev–Trinajstić information content (AvgIpc) is 2.48. The Morgan fingerprint density at radius 1 is 1.43 bits per heavy atom. The first kappa shape index (κ1) is 16.8. The van der Waals surface area contributed by atoms with Gasteiger partial charge in [-0.15, -0.1) is 0 Å². The molecule has 0 bridgehead atoms. The van der Waals surface area contributed by atoms with Crippen LogP contribution in [0.15, 0.2) is 29.2 Å². The Labute approximate surface area is 132 Å². The van der Waals surface area contributed by atoms with E-state index in [-0.39, 0.29) is 5.75 Å². The smallest absolute Gasteiger partial charge is 0.178 e. The lowest BCUT2D eigenvalue weighted by Gasteiger charge is -2.47. The molecular formula is C15H24N2O2S2. The van der Waals surface area contributed by atoms with Gasteiger partial charge in [-0.05, 0) is 38.3 Å². The molecule has 0 spiro atoms. The summed E-state index contributed by atoms with van der Waals surface area (Å²) in [7, 11) is -1.12. The Morgan fingerprint density at radius 3 is 2.71 bits per heavy atom. The minimum atomic E-state index is -3.18. The van der Waals surface area contributed by atoms with Crippen LogP contribution in [-0.2, 0) is 15.4 Å². The second kappa shape index (κ2) is 6.28. The van der Waals surface area contributed by atoms with Crippen molar-refractivity contribution in [3.05, 3.63) is 29.8 Å². The van der Waals surface area contributed by atoms with Crippen LogP contribution in [0.5, 0.6) is 0 Å². The van der Waals surface area contributed by atoms with Crippen LogP contribution in [0.1, 0.15) is 18.9 Å². The van der Waals surface area contributed by atoms with Crippen molar-refractivity contribution in [2.45, 2.75) is 29.8 Å². The van der Waals surface area contributed by atoms with Crippen LogP contribution in [0, 0.1) is 0 Å². The van der Waals surface area contributed by atoms with E-state index >= 15 is 0 Å². The molecule has 1 aromatic rings. The Kier molecular flexibility index (Phi) is 5.03. The van der Waals surface area contributed by atoms with Gasteiger partial charge in [0, 0.05) is 18.3 Å². The van der Waals surface area contributed by atoms with Crippen LogP contribution < -0.4 is 5.73 Å². The van der Waals surface area contributed by atoms with E-state index < -0.39 is 15.4 Å². The highest BCUT2D eigenvalue weighted by molar-refractivity contribution is 7.98. The van der Waals surface area contributed by atoms with E-state index in [2.05, 4.69) is 25.1 Å². The van der Waals surface area contributed by atoms with Crippen molar-refractivity contribution in [3.8, 4) is 0 Å². The molecule has 1 heterocycles. The number of rotatable bonds is 5. The summed E-state index contributed by atoms with van der Waals surface area (Å²) in [6.45, 7) is 2.59.